The number of methoxy groups -OCH3 is 2. The Morgan fingerprint density at radius 1 is 1.00 bits per heavy atom. The average molecular weight is 523 g/mol. The molecule has 0 aliphatic heterocycles. The van der Waals surface area contributed by atoms with E-state index in [1.54, 1.807) is 21.1 Å². The van der Waals surface area contributed by atoms with Gasteiger partial charge in [0.1, 0.15) is 17.6 Å². The van der Waals surface area contributed by atoms with Gasteiger partial charge in [-0.25, -0.2) is 4.79 Å². The molecule has 0 radical (unpaired) electrons. The van der Waals surface area contributed by atoms with Gasteiger partial charge in [-0.05, 0) is 93.4 Å². The van der Waals surface area contributed by atoms with Gasteiger partial charge >= 0.3 is 5.97 Å². The van der Waals surface area contributed by atoms with Crippen molar-refractivity contribution in [1.29, 1.82) is 0 Å². The quantitative estimate of drug-likeness (QED) is 0.379. The van der Waals surface area contributed by atoms with Crippen LogP contribution in [0.2, 0.25) is 0 Å². The summed E-state index contributed by atoms with van der Waals surface area (Å²) in [6.07, 6.45) is 3.54. The van der Waals surface area contributed by atoms with Crippen LogP contribution >= 0.6 is 0 Å². The number of carbonyl (C=O) groups is 1. The van der Waals surface area contributed by atoms with Gasteiger partial charge in [0, 0.05) is 16.9 Å². The fourth-order valence-electron chi connectivity index (χ4n) is 7.61. The van der Waals surface area contributed by atoms with E-state index in [9.17, 15) is 9.90 Å². The molecule has 5 heteroatoms. The lowest BCUT2D eigenvalue weighted by molar-refractivity contribution is -0.181. The van der Waals surface area contributed by atoms with Crippen LogP contribution in [0.25, 0.3) is 0 Å². The molecule has 0 heterocycles. The molecule has 0 aromatic heterocycles. The zero-order valence-electron chi connectivity index (χ0n) is 24.7. The first-order valence-corrected chi connectivity index (χ1v) is 14.0. The van der Waals surface area contributed by atoms with Crippen LogP contribution in [0, 0.1) is 43.4 Å². The van der Waals surface area contributed by atoms with Crippen molar-refractivity contribution in [3.63, 3.8) is 0 Å². The molecule has 0 spiro atoms. The predicted molar refractivity (Wildman–Crippen MR) is 151 cm³/mol. The summed E-state index contributed by atoms with van der Waals surface area (Å²) >= 11 is 0. The predicted octanol–water partition coefficient (Wildman–Crippen LogP) is 6.54. The van der Waals surface area contributed by atoms with Gasteiger partial charge in [-0.2, -0.15) is 0 Å². The monoisotopic (exact) mass is 522 g/mol. The zero-order valence-corrected chi connectivity index (χ0v) is 24.7. The molecule has 2 bridgehead atoms. The molecular weight excluding hydrogens is 476 g/mol. The topological polar surface area (TPSA) is 65.0 Å². The van der Waals surface area contributed by atoms with E-state index >= 15 is 0 Å². The smallest absolute Gasteiger partial charge is 0.338 e. The largest absolute Gasteiger partial charge is 0.496 e. The van der Waals surface area contributed by atoms with Crippen molar-refractivity contribution in [2.24, 2.45) is 22.7 Å². The van der Waals surface area contributed by atoms with Crippen LogP contribution < -0.4 is 9.47 Å². The van der Waals surface area contributed by atoms with Gasteiger partial charge in [-0.3, -0.25) is 0 Å². The fourth-order valence-corrected chi connectivity index (χ4v) is 7.61. The Labute approximate surface area is 228 Å². The molecule has 2 aromatic carbocycles. The number of ether oxygens (including phenoxy) is 3. The van der Waals surface area contributed by atoms with Crippen LogP contribution in [0.3, 0.4) is 0 Å². The summed E-state index contributed by atoms with van der Waals surface area (Å²) in [4.78, 5) is 13.6. The lowest BCUT2D eigenvalue weighted by Gasteiger charge is -2.40. The van der Waals surface area contributed by atoms with Crippen LogP contribution in [0.5, 0.6) is 11.5 Å². The molecule has 5 nitrogen and oxygen atoms in total. The normalized spacial score (nSPS) is 27.2. The van der Waals surface area contributed by atoms with Gasteiger partial charge in [-0.1, -0.05) is 51.1 Å². The number of hydrogen-bond acceptors (Lipinski definition) is 5. The number of benzene rings is 2. The minimum Gasteiger partial charge on any atom is -0.496 e. The minimum absolute atomic E-state index is 0.0592. The van der Waals surface area contributed by atoms with Gasteiger partial charge in [-0.15, -0.1) is 0 Å². The molecule has 2 fully saturated rings. The minimum atomic E-state index is -1.62. The number of fused-ring (bicyclic) bond motifs is 2. The summed E-state index contributed by atoms with van der Waals surface area (Å²) in [5.41, 5.74) is 3.55. The Hall–Kier alpha value is -2.53. The highest BCUT2D eigenvalue weighted by molar-refractivity contribution is 5.79. The van der Waals surface area contributed by atoms with Crippen molar-refractivity contribution >= 4 is 5.97 Å². The molecule has 0 amide bonds. The molecule has 2 aliphatic carbocycles. The molecule has 0 saturated heterocycles. The molecule has 4 rings (SSSR count). The van der Waals surface area contributed by atoms with Crippen LogP contribution in [0.15, 0.2) is 30.3 Å². The Bertz CT molecular complexity index is 1180. The summed E-state index contributed by atoms with van der Waals surface area (Å²) < 4.78 is 17.8. The van der Waals surface area contributed by atoms with E-state index < -0.39 is 11.6 Å². The number of esters is 1. The SMILES string of the molecule is COc1c(C)c(C)c(OC)c(CC[C@](C)(O)C(=O)O[C@H]2[C@@H](Cc3ccccc3)C3CCC2(C)C3(C)C)c1C. The Morgan fingerprint density at radius 2 is 1.61 bits per heavy atom. The highest BCUT2D eigenvalue weighted by atomic mass is 16.6. The highest BCUT2D eigenvalue weighted by Gasteiger charge is 2.67. The molecule has 2 aliphatic rings. The molecular formula is C33H46O5. The first-order valence-electron chi connectivity index (χ1n) is 14.0. The van der Waals surface area contributed by atoms with Crippen molar-refractivity contribution in [3.05, 3.63) is 58.1 Å². The third-order valence-electron chi connectivity index (χ3n) is 10.5. The Morgan fingerprint density at radius 3 is 2.21 bits per heavy atom. The fraction of sp³-hybridized carbons (Fsp3) is 0.606. The molecule has 208 valence electrons. The maximum absolute atomic E-state index is 13.6. The number of rotatable bonds is 9. The van der Waals surface area contributed by atoms with E-state index in [4.69, 9.17) is 14.2 Å². The number of aliphatic hydroxyl groups is 1. The summed E-state index contributed by atoms with van der Waals surface area (Å²) in [6, 6.07) is 10.5. The van der Waals surface area contributed by atoms with Gasteiger partial charge in [0.2, 0.25) is 0 Å². The van der Waals surface area contributed by atoms with Crippen LogP contribution in [-0.2, 0) is 22.4 Å². The maximum atomic E-state index is 13.6. The third-order valence-corrected chi connectivity index (χ3v) is 10.5. The highest BCUT2D eigenvalue weighted by Crippen LogP contribution is 2.69. The first kappa shape index (κ1) is 28.5. The van der Waals surface area contributed by atoms with Crippen LogP contribution in [0.4, 0.5) is 0 Å². The average Bonchev–Trinajstić information content (AvgIpc) is 3.19. The van der Waals surface area contributed by atoms with Crippen molar-refractivity contribution in [3.8, 4) is 11.5 Å². The third kappa shape index (κ3) is 4.51. The molecule has 38 heavy (non-hydrogen) atoms. The first-order chi connectivity index (χ1) is 17.8. The van der Waals surface area contributed by atoms with E-state index in [0.717, 1.165) is 53.0 Å². The molecule has 2 aromatic rings. The lowest BCUT2D eigenvalue weighted by Crippen LogP contribution is -2.46. The second-order valence-electron chi connectivity index (χ2n) is 12.7. The van der Waals surface area contributed by atoms with Gasteiger partial charge < -0.3 is 19.3 Å². The van der Waals surface area contributed by atoms with Crippen LogP contribution in [-0.4, -0.2) is 37.0 Å². The molecule has 2 saturated carbocycles. The summed E-state index contributed by atoms with van der Waals surface area (Å²) in [5, 5.41) is 11.4. The number of carbonyl (C=O) groups excluding carboxylic acids is 1. The van der Waals surface area contributed by atoms with Crippen molar-refractivity contribution < 1.29 is 24.1 Å². The second kappa shape index (κ2) is 10.2. The summed E-state index contributed by atoms with van der Waals surface area (Å²) in [6.45, 7) is 14.6. The lowest BCUT2D eigenvalue weighted by atomic mass is 9.70. The van der Waals surface area contributed by atoms with E-state index in [0.29, 0.717) is 12.3 Å². The van der Waals surface area contributed by atoms with Gasteiger partial charge in [0.05, 0.1) is 14.2 Å². The molecule has 1 N–H and O–H groups in total. The number of hydrogen-bond donors (Lipinski definition) is 1. The second-order valence-corrected chi connectivity index (χ2v) is 12.7. The van der Waals surface area contributed by atoms with E-state index in [1.807, 2.05) is 26.8 Å². The summed E-state index contributed by atoms with van der Waals surface area (Å²) in [5.74, 6) is 1.79. The van der Waals surface area contributed by atoms with E-state index in [1.165, 1.54) is 5.56 Å². The molecule has 2 unspecified atom stereocenters. The van der Waals surface area contributed by atoms with E-state index in [-0.39, 0.29) is 29.3 Å². The Balaban J connectivity index is 1.56. The summed E-state index contributed by atoms with van der Waals surface area (Å²) in [7, 11) is 3.33. The Kier molecular flexibility index (Phi) is 7.66. The van der Waals surface area contributed by atoms with Crippen molar-refractivity contribution in [2.45, 2.75) is 92.3 Å². The van der Waals surface area contributed by atoms with Gasteiger partial charge in [0.25, 0.3) is 0 Å². The zero-order chi connectivity index (χ0) is 28.0. The molecule has 5 atom stereocenters. The van der Waals surface area contributed by atoms with Crippen molar-refractivity contribution in [1.82, 2.24) is 0 Å². The maximum Gasteiger partial charge on any atom is 0.338 e. The van der Waals surface area contributed by atoms with Crippen LogP contribution in [0.1, 0.15) is 74.8 Å². The standard InChI is InChI=1S/C33H46O5/c1-20-21(2)28(37-9)24(22(3)27(20)36-8)15-18-33(7,35)30(34)38-29-25(19-23-13-11-10-12-14-23)26-16-17-32(29,6)31(26,4)5/h10-14,25-26,29,35H,15-19H2,1-9H3/t25-,26?,29-,32?,33-/m0/s1. The van der Waals surface area contributed by atoms with Gasteiger partial charge in [0.15, 0.2) is 5.60 Å². The van der Waals surface area contributed by atoms with E-state index in [2.05, 4.69) is 45.0 Å². The van der Waals surface area contributed by atoms with Crippen molar-refractivity contribution in [2.75, 3.05) is 14.2 Å².